The van der Waals surface area contributed by atoms with Crippen molar-refractivity contribution in [2.45, 2.75) is 19.9 Å². The summed E-state index contributed by atoms with van der Waals surface area (Å²) in [6.07, 6.45) is 0.285. The third-order valence-electron chi connectivity index (χ3n) is 2.51. The van der Waals surface area contributed by atoms with Gasteiger partial charge in [-0.25, -0.2) is 0 Å². The third-order valence-corrected chi connectivity index (χ3v) is 2.51. The zero-order valence-corrected chi connectivity index (χ0v) is 10.4. The lowest BCUT2D eigenvalue weighted by atomic mass is 10.3. The summed E-state index contributed by atoms with van der Waals surface area (Å²) in [6.45, 7) is 3.61. The smallest absolute Gasteiger partial charge is 0.433 e. The predicted molar refractivity (Wildman–Crippen MR) is 62.9 cm³/mol. The van der Waals surface area contributed by atoms with E-state index in [-0.39, 0.29) is 18.3 Å². The molecule has 0 bridgehead atoms. The van der Waals surface area contributed by atoms with Crippen LogP contribution in [-0.2, 0) is 16.1 Å². The van der Waals surface area contributed by atoms with Crippen molar-refractivity contribution in [2.24, 2.45) is 0 Å². The number of ether oxygens (including phenoxy) is 1. The van der Waals surface area contributed by atoms with Crippen molar-refractivity contribution in [3.63, 3.8) is 0 Å². The van der Waals surface area contributed by atoms with Gasteiger partial charge in [-0.2, -0.15) is 0 Å². The maximum atomic E-state index is 11.0. The van der Waals surface area contributed by atoms with E-state index in [9.17, 15) is 14.9 Å². The van der Waals surface area contributed by atoms with Crippen LogP contribution in [0.25, 0.3) is 0 Å². The van der Waals surface area contributed by atoms with E-state index >= 15 is 0 Å². The number of nitrogens with zero attached hydrogens (tertiary/aromatic N) is 2. The fourth-order valence-corrected chi connectivity index (χ4v) is 1.47. The highest BCUT2D eigenvalue weighted by atomic mass is 16.6. The number of methoxy groups -OCH3 is 1. The van der Waals surface area contributed by atoms with Crippen molar-refractivity contribution in [1.29, 1.82) is 0 Å². The first-order valence-corrected chi connectivity index (χ1v) is 5.59. The Labute approximate surface area is 104 Å². The van der Waals surface area contributed by atoms with E-state index in [4.69, 9.17) is 4.42 Å². The minimum atomic E-state index is -0.575. The molecule has 0 saturated carbocycles. The van der Waals surface area contributed by atoms with Gasteiger partial charge in [-0.1, -0.05) is 6.92 Å². The second-order valence-electron chi connectivity index (χ2n) is 3.69. The molecular weight excluding hydrogens is 240 g/mol. The number of furan rings is 1. The summed E-state index contributed by atoms with van der Waals surface area (Å²) in [7, 11) is 1.34. The Bertz CT molecular complexity index is 415. The lowest BCUT2D eigenvalue weighted by Gasteiger charge is -2.17. The van der Waals surface area contributed by atoms with Gasteiger partial charge in [0.25, 0.3) is 0 Å². The van der Waals surface area contributed by atoms with Crippen molar-refractivity contribution in [2.75, 3.05) is 20.2 Å². The standard InChI is InChI=1S/C11H16N2O5/c1-3-12(7-6-11(14)17-2)8-9-4-5-10(18-9)13(15)16/h4-5H,3,6-8H2,1-2H3. The van der Waals surface area contributed by atoms with Gasteiger partial charge >= 0.3 is 11.9 Å². The molecule has 0 aliphatic carbocycles. The van der Waals surface area contributed by atoms with E-state index in [1.54, 1.807) is 6.07 Å². The Morgan fingerprint density at radius 3 is 2.78 bits per heavy atom. The van der Waals surface area contributed by atoms with Crippen LogP contribution in [0.1, 0.15) is 19.1 Å². The van der Waals surface area contributed by atoms with Crippen LogP contribution in [0.2, 0.25) is 0 Å². The second kappa shape index (κ2) is 6.75. The first kappa shape index (κ1) is 14.2. The number of nitro groups is 1. The number of hydrogen-bond donors (Lipinski definition) is 0. The summed E-state index contributed by atoms with van der Waals surface area (Å²) in [4.78, 5) is 22.8. The molecule has 0 saturated heterocycles. The Morgan fingerprint density at radius 1 is 1.56 bits per heavy atom. The summed E-state index contributed by atoms with van der Waals surface area (Å²) < 4.78 is 9.61. The van der Waals surface area contributed by atoms with Crippen molar-refractivity contribution in [3.05, 3.63) is 28.0 Å². The molecule has 0 aromatic carbocycles. The molecule has 1 heterocycles. The van der Waals surface area contributed by atoms with Crippen LogP contribution in [0.4, 0.5) is 5.88 Å². The average Bonchev–Trinajstić information content (AvgIpc) is 2.82. The zero-order valence-electron chi connectivity index (χ0n) is 10.4. The molecule has 1 aromatic rings. The molecule has 0 amide bonds. The summed E-state index contributed by atoms with van der Waals surface area (Å²) in [5.74, 6) is -0.0405. The highest BCUT2D eigenvalue weighted by Crippen LogP contribution is 2.17. The molecule has 1 rings (SSSR count). The SMILES string of the molecule is CCN(CCC(=O)OC)Cc1ccc([N+](=O)[O-])o1. The quantitative estimate of drug-likeness (QED) is 0.418. The Hall–Kier alpha value is -1.89. The molecule has 7 nitrogen and oxygen atoms in total. The summed E-state index contributed by atoms with van der Waals surface area (Å²) in [5.41, 5.74) is 0. The summed E-state index contributed by atoms with van der Waals surface area (Å²) in [5, 5.41) is 10.5. The predicted octanol–water partition coefficient (Wildman–Crippen LogP) is 1.57. The molecule has 0 spiro atoms. The fourth-order valence-electron chi connectivity index (χ4n) is 1.47. The second-order valence-corrected chi connectivity index (χ2v) is 3.69. The molecule has 0 fully saturated rings. The number of rotatable bonds is 7. The number of esters is 1. The molecule has 100 valence electrons. The summed E-state index contributed by atoms with van der Waals surface area (Å²) in [6, 6.07) is 2.89. The van der Waals surface area contributed by atoms with Crippen molar-refractivity contribution >= 4 is 11.9 Å². The lowest BCUT2D eigenvalue weighted by molar-refractivity contribution is -0.402. The molecule has 0 atom stereocenters. The van der Waals surface area contributed by atoms with Crippen molar-refractivity contribution in [1.82, 2.24) is 4.90 Å². The van der Waals surface area contributed by atoms with E-state index in [1.165, 1.54) is 13.2 Å². The maximum Gasteiger partial charge on any atom is 0.433 e. The maximum absolute atomic E-state index is 11.0. The molecule has 0 aliphatic rings. The van der Waals surface area contributed by atoms with Gasteiger partial charge in [-0.05, 0) is 12.6 Å². The first-order valence-electron chi connectivity index (χ1n) is 5.59. The van der Waals surface area contributed by atoms with Crippen LogP contribution in [0.5, 0.6) is 0 Å². The van der Waals surface area contributed by atoms with Gasteiger partial charge in [0.1, 0.15) is 10.7 Å². The highest BCUT2D eigenvalue weighted by Gasteiger charge is 2.14. The highest BCUT2D eigenvalue weighted by molar-refractivity contribution is 5.69. The average molecular weight is 256 g/mol. The molecule has 18 heavy (non-hydrogen) atoms. The first-order chi connectivity index (χ1) is 8.56. The molecule has 0 unspecified atom stereocenters. The zero-order chi connectivity index (χ0) is 13.5. The van der Waals surface area contributed by atoms with E-state index in [2.05, 4.69) is 4.74 Å². The molecule has 0 radical (unpaired) electrons. The van der Waals surface area contributed by atoms with Gasteiger partial charge in [0.05, 0.1) is 26.1 Å². The van der Waals surface area contributed by atoms with Crippen LogP contribution in [-0.4, -0.2) is 36.0 Å². The molecular formula is C11H16N2O5. The number of hydrogen-bond acceptors (Lipinski definition) is 6. The van der Waals surface area contributed by atoms with Crippen LogP contribution in [0.3, 0.4) is 0 Å². The Kier molecular flexibility index (Phi) is 5.31. The number of carbonyl (C=O) groups excluding carboxylic acids is 1. The molecule has 0 aliphatic heterocycles. The van der Waals surface area contributed by atoms with E-state index < -0.39 is 4.92 Å². The summed E-state index contributed by atoms with van der Waals surface area (Å²) >= 11 is 0. The van der Waals surface area contributed by atoms with Gasteiger partial charge in [-0.3, -0.25) is 19.8 Å². The minimum Gasteiger partial charge on any atom is -0.469 e. The van der Waals surface area contributed by atoms with Crippen molar-refractivity contribution < 1.29 is 18.9 Å². The van der Waals surface area contributed by atoms with Crippen LogP contribution in [0.15, 0.2) is 16.5 Å². The fraction of sp³-hybridized carbons (Fsp3) is 0.545. The van der Waals surface area contributed by atoms with Gasteiger partial charge in [0, 0.05) is 6.54 Å². The number of carbonyl (C=O) groups is 1. The molecule has 0 N–H and O–H groups in total. The normalized spacial score (nSPS) is 10.6. The van der Waals surface area contributed by atoms with E-state index in [0.29, 0.717) is 25.4 Å². The molecule has 7 heteroatoms. The van der Waals surface area contributed by atoms with Crippen LogP contribution in [0, 0.1) is 10.1 Å². The Balaban J connectivity index is 2.51. The van der Waals surface area contributed by atoms with Gasteiger partial charge in [0.15, 0.2) is 0 Å². The minimum absolute atomic E-state index is 0.269. The van der Waals surface area contributed by atoms with Gasteiger partial charge in [0.2, 0.25) is 0 Å². The van der Waals surface area contributed by atoms with Crippen LogP contribution >= 0.6 is 0 Å². The topological polar surface area (TPSA) is 85.8 Å². The third kappa shape index (κ3) is 4.17. The monoisotopic (exact) mass is 256 g/mol. The van der Waals surface area contributed by atoms with Crippen LogP contribution < -0.4 is 0 Å². The van der Waals surface area contributed by atoms with Gasteiger partial charge in [-0.15, -0.1) is 0 Å². The lowest BCUT2D eigenvalue weighted by Crippen LogP contribution is -2.25. The van der Waals surface area contributed by atoms with Gasteiger partial charge < -0.3 is 9.15 Å². The Morgan fingerprint density at radius 2 is 2.28 bits per heavy atom. The largest absolute Gasteiger partial charge is 0.469 e. The molecule has 1 aromatic heterocycles. The van der Waals surface area contributed by atoms with E-state index in [1.807, 2.05) is 11.8 Å². The van der Waals surface area contributed by atoms with E-state index in [0.717, 1.165) is 0 Å². The van der Waals surface area contributed by atoms with Crippen molar-refractivity contribution in [3.8, 4) is 0 Å².